The van der Waals surface area contributed by atoms with E-state index in [9.17, 15) is 17.6 Å². The summed E-state index contributed by atoms with van der Waals surface area (Å²) in [4.78, 5) is 0. The molecule has 0 saturated carbocycles. The van der Waals surface area contributed by atoms with E-state index in [1.807, 2.05) is 0 Å². The minimum atomic E-state index is -4.01. The summed E-state index contributed by atoms with van der Waals surface area (Å²) in [5.41, 5.74) is 6.70. The maximum absolute atomic E-state index is 12.5. The number of nitrogen functional groups attached to an aromatic ring is 1. The van der Waals surface area contributed by atoms with Crippen molar-refractivity contribution in [2.45, 2.75) is 18.9 Å². The molecule has 1 aromatic rings. The summed E-state index contributed by atoms with van der Waals surface area (Å²) in [6.45, 7) is -1.01. The van der Waals surface area contributed by atoms with E-state index in [-0.39, 0.29) is 6.54 Å². The third-order valence-electron chi connectivity index (χ3n) is 2.07. The van der Waals surface area contributed by atoms with Crippen molar-refractivity contribution in [1.82, 2.24) is 5.32 Å². The van der Waals surface area contributed by atoms with Gasteiger partial charge in [0, 0.05) is 16.7 Å². The second-order valence-corrected chi connectivity index (χ2v) is 4.38. The van der Waals surface area contributed by atoms with Crippen LogP contribution < -0.4 is 11.1 Å². The van der Waals surface area contributed by atoms with Gasteiger partial charge in [-0.3, -0.25) is 0 Å². The second kappa shape index (κ2) is 5.68. The van der Waals surface area contributed by atoms with Gasteiger partial charge in [-0.15, -0.1) is 0 Å². The Morgan fingerprint density at radius 1 is 1.35 bits per heavy atom. The highest BCUT2D eigenvalue weighted by Gasteiger charge is 2.39. The second-order valence-electron chi connectivity index (χ2n) is 3.52. The highest BCUT2D eigenvalue weighted by molar-refractivity contribution is 9.10. The van der Waals surface area contributed by atoms with Crippen LogP contribution in [0, 0.1) is 0 Å². The molecule has 7 heteroatoms. The molecule has 0 saturated heterocycles. The molecule has 0 aliphatic carbocycles. The number of rotatable bonds is 5. The fraction of sp³-hybridized carbons (Fsp3) is 0.400. The number of hydrogen-bond donors (Lipinski definition) is 2. The van der Waals surface area contributed by atoms with Gasteiger partial charge in [-0.2, -0.15) is 8.78 Å². The molecule has 0 heterocycles. The molecule has 17 heavy (non-hydrogen) atoms. The molecule has 0 radical (unpaired) electrons. The number of anilines is 1. The summed E-state index contributed by atoms with van der Waals surface area (Å²) < 4.78 is 49.5. The fourth-order valence-electron chi connectivity index (χ4n) is 1.15. The minimum absolute atomic E-state index is 0.0553. The van der Waals surface area contributed by atoms with Crippen LogP contribution in [0.2, 0.25) is 0 Å². The molecule has 0 spiro atoms. The van der Waals surface area contributed by atoms with Crippen molar-refractivity contribution in [3.05, 3.63) is 28.2 Å². The molecule has 1 rings (SSSR count). The Morgan fingerprint density at radius 3 is 2.53 bits per heavy atom. The molecule has 0 aliphatic rings. The Balaban J connectivity index is 2.49. The van der Waals surface area contributed by atoms with Gasteiger partial charge in [-0.1, -0.05) is 6.07 Å². The predicted molar refractivity (Wildman–Crippen MR) is 61.2 cm³/mol. The zero-order valence-electron chi connectivity index (χ0n) is 8.69. The molecule has 0 amide bonds. The standard InChI is InChI=1S/C10H11BrF4N2/c11-7-2-1-6(3-8(7)16)4-17-5-10(14,15)9(12)13/h1-3,9,17H,4-5,16H2. The predicted octanol–water partition coefficient (Wildman–Crippen LogP) is 3.02. The van der Waals surface area contributed by atoms with E-state index in [1.54, 1.807) is 18.2 Å². The number of nitrogens with two attached hydrogens (primary N) is 1. The minimum Gasteiger partial charge on any atom is -0.398 e. The molecule has 1 aromatic carbocycles. The van der Waals surface area contributed by atoms with Gasteiger partial charge >= 0.3 is 12.3 Å². The monoisotopic (exact) mass is 314 g/mol. The molecule has 0 unspecified atom stereocenters. The van der Waals surface area contributed by atoms with Gasteiger partial charge in [0.2, 0.25) is 0 Å². The lowest BCUT2D eigenvalue weighted by molar-refractivity contribution is -0.125. The van der Waals surface area contributed by atoms with E-state index in [4.69, 9.17) is 5.73 Å². The molecule has 3 N–H and O–H groups in total. The lowest BCUT2D eigenvalue weighted by atomic mass is 10.2. The van der Waals surface area contributed by atoms with Gasteiger partial charge in [0.05, 0.1) is 6.54 Å². The average molecular weight is 315 g/mol. The number of halogens is 5. The van der Waals surface area contributed by atoms with Gasteiger partial charge in [-0.25, -0.2) is 8.78 Å². The molecule has 0 aliphatic heterocycles. The summed E-state index contributed by atoms with van der Waals surface area (Å²) in [7, 11) is 0. The van der Waals surface area contributed by atoms with E-state index in [0.717, 1.165) is 0 Å². The largest absolute Gasteiger partial charge is 0.398 e. The van der Waals surface area contributed by atoms with Gasteiger partial charge in [0.1, 0.15) is 0 Å². The summed E-state index contributed by atoms with van der Waals surface area (Å²) >= 11 is 3.18. The van der Waals surface area contributed by atoms with Gasteiger partial charge in [-0.05, 0) is 33.6 Å². The van der Waals surface area contributed by atoms with Crippen LogP contribution in [0.25, 0.3) is 0 Å². The van der Waals surface area contributed by atoms with E-state index in [2.05, 4.69) is 21.2 Å². The van der Waals surface area contributed by atoms with Crippen LogP contribution in [0.1, 0.15) is 5.56 Å². The summed E-state index contributed by atoms with van der Waals surface area (Å²) in [5, 5.41) is 2.27. The smallest absolute Gasteiger partial charge is 0.319 e. The van der Waals surface area contributed by atoms with Crippen LogP contribution >= 0.6 is 15.9 Å². The number of nitrogens with one attached hydrogen (secondary N) is 1. The van der Waals surface area contributed by atoms with Crippen molar-refractivity contribution in [2.75, 3.05) is 12.3 Å². The Bertz CT molecular complexity index is 385. The first-order valence-corrected chi connectivity index (χ1v) is 5.53. The highest BCUT2D eigenvalue weighted by atomic mass is 79.9. The lowest BCUT2D eigenvalue weighted by Crippen LogP contribution is -2.38. The molecule has 0 atom stereocenters. The van der Waals surface area contributed by atoms with Crippen LogP contribution in [0.4, 0.5) is 23.2 Å². The Labute approximate surface area is 104 Å². The van der Waals surface area contributed by atoms with Crippen molar-refractivity contribution < 1.29 is 17.6 Å². The van der Waals surface area contributed by atoms with E-state index >= 15 is 0 Å². The van der Waals surface area contributed by atoms with Crippen LogP contribution in [0.5, 0.6) is 0 Å². The van der Waals surface area contributed by atoms with Crippen molar-refractivity contribution in [3.8, 4) is 0 Å². The number of hydrogen-bond acceptors (Lipinski definition) is 2. The number of alkyl halides is 4. The van der Waals surface area contributed by atoms with Crippen molar-refractivity contribution >= 4 is 21.6 Å². The summed E-state index contributed by atoms with van der Waals surface area (Å²) in [6.07, 6.45) is -3.66. The molecule has 0 bridgehead atoms. The maximum Gasteiger partial charge on any atom is 0.319 e. The summed E-state index contributed by atoms with van der Waals surface area (Å²) in [5.74, 6) is -4.01. The molecule has 96 valence electrons. The van der Waals surface area contributed by atoms with E-state index in [0.29, 0.717) is 15.7 Å². The Hall–Kier alpha value is -0.820. The zero-order valence-corrected chi connectivity index (χ0v) is 10.3. The fourth-order valence-corrected chi connectivity index (χ4v) is 1.40. The van der Waals surface area contributed by atoms with Crippen LogP contribution in [0.3, 0.4) is 0 Å². The Morgan fingerprint density at radius 2 is 2.00 bits per heavy atom. The third kappa shape index (κ3) is 4.16. The molecule has 0 aromatic heterocycles. The number of benzene rings is 1. The van der Waals surface area contributed by atoms with E-state index < -0.39 is 18.9 Å². The van der Waals surface area contributed by atoms with Crippen molar-refractivity contribution in [1.29, 1.82) is 0 Å². The molecule has 0 fully saturated rings. The van der Waals surface area contributed by atoms with Gasteiger partial charge in [0.25, 0.3) is 0 Å². The first kappa shape index (κ1) is 14.2. The summed E-state index contributed by atoms with van der Waals surface area (Å²) in [6, 6.07) is 4.91. The SMILES string of the molecule is Nc1cc(CNCC(F)(F)C(F)F)ccc1Br. The Kier molecular flexibility index (Phi) is 4.76. The van der Waals surface area contributed by atoms with Crippen LogP contribution in [0.15, 0.2) is 22.7 Å². The first-order valence-electron chi connectivity index (χ1n) is 4.73. The van der Waals surface area contributed by atoms with Crippen molar-refractivity contribution in [2.24, 2.45) is 0 Å². The third-order valence-corrected chi connectivity index (χ3v) is 2.79. The highest BCUT2D eigenvalue weighted by Crippen LogP contribution is 2.22. The van der Waals surface area contributed by atoms with Crippen molar-refractivity contribution in [3.63, 3.8) is 0 Å². The molecule has 2 nitrogen and oxygen atoms in total. The average Bonchev–Trinajstić information content (AvgIpc) is 2.23. The lowest BCUT2D eigenvalue weighted by Gasteiger charge is -2.15. The van der Waals surface area contributed by atoms with Crippen LogP contribution in [-0.4, -0.2) is 18.9 Å². The first-order chi connectivity index (χ1) is 7.83. The zero-order chi connectivity index (χ0) is 13.1. The van der Waals surface area contributed by atoms with Gasteiger partial charge < -0.3 is 11.1 Å². The molecular weight excluding hydrogens is 304 g/mol. The molecular formula is C10H11BrF4N2. The normalized spacial score (nSPS) is 12.1. The van der Waals surface area contributed by atoms with Gasteiger partial charge in [0.15, 0.2) is 0 Å². The quantitative estimate of drug-likeness (QED) is 0.647. The van der Waals surface area contributed by atoms with Crippen LogP contribution in [-0.2, 0) is 6.54 Å². The maximum atomic E-state index is 12.5. The topological polar surface area (TPSA) is 38.0 Å². The van der Waals surface area contributed by atoms with E-state index in [1.165, 1.54) is 0 Å².